The Morgan fingerprint density at radius 3 is 3.00 bits per heavy atom. The van der Waals surface area contributed by atoms with Crippen molar-refractivity contribution in [1.29, 1.82) is 0 Å². The monoisotopic (exact) mass is 141 g/mol. The molecule has 1 heterocycles. The maximum atomic E-state index is 5.32. The van der Waals surface area contributed by atoms with E-state index < -0.39 is 0 Å². The molecule has 0 aliphatic carbocycles. The smallest absolute Gasteiger partial charge is 0.183 e. The fourth-order valence-corrected chi connectivity index (χ4v) is 1.00. The van der Waals surface area contributed by atoms with Crippen molar-refractivity contribution in [3.8, 4) is 0 Å². The quantitative estimate of drug-likeness (QED) is 0.589. The van der Waals surface area contributed by atoms with Crippen LogP contribution >= 0.6 is 0 Å². The van der Waals surface area contributed by atoms with E-state index in [1.165, 1.54) is 12.8 Å². The summed E-state index contributed by atoms with van der Waals surface area (Å²) in [6.07, 6.45) is 3.45. The van der Waals surface area contributed by atoms with E-state index in [0.717, 1.165) is 18.9 Å². The zero-order chi connectivity index (χ0) is 7.40. The van der Waals surface area contributed by atoms with Crippen molar-refractivity contribution in [1.82, 2.24) is 0 Å². The largest absolute Gasteiger partial charge is 0.479 e. The van der Waals surface area contributed by atoms with Gasteiger partial charge in [0.25, 0.3) is 0 Å². The number of hydrogen-bond donors (Lipinski definition) is 0. The molecule has 0 fully saturated rings. The third-order valence-corrected chi connectivity index (χ3v) is 1.60. The molecular formula is C8H15NO. The Kier molecular flexibility index (Phi) is 2.72. The average Bonchev–Trinajstić information content (AvgIpc) is 2.31. The highest BCUT2D eigenvalue weighted by Gasteiger charge is 2.12. The van der Waals surface area contributed by atoms with E-state index in [9.17, 15) is 0 Å². The van der Waals surface area contributed by atoms with E-state index >= 15 is 0 Å². The first-order valence-corrected chi connectivity index (χ1v) is 4.02. The Bertz CT molecular complexity index is 131. The van der Waals surface area contributed by atoms with Gasteiger partial charge >= 0.3 is 0 Å². The first-order chi connectivity index (χ1) is 4.83. The zero-order valence-electron chi connectivity index (χ0n) is 6.76. The summed E-state index contributed by atoms with van der Waals surface area (Å²) >= 11 is 0. The van der Waals surface area contributed by atoms with E-state index in [-0.39, 0.29) is 0 Å². The summed E-state index contributed by atoms with van der Waals surface area (Å²) in [7, 11) is 0. The molecule has 0 saturated heterocycles. The minimum atomic E-state index is 0.395. The molecule has 1 aliphatic rings. The molecule has 0 N–H and O–H groups in total. The molecule has 0 radical (unpaired) electrons. The van der Waals surface area contributed by atoms with E-state index in [0.29, 0.717) is 6.04 Å². The molecule has 1 atom stereocenters. The maximum absolute atomic E-state index is 5.32. The van der Waals surface area contributed by atoms with Gasteiger partial charge in [0.1, 0.15) is 6.61 Å². The molecule has 1 rings (SSSR count). The Morgan fingerprint density at radius 1 is 1.70 bits per heavy atom. The van der Waals surface area contributed by atoms with Crippen LogP contribution in [0.25, 0.3) is 0 Å². The Hall–Kier alpha value is -0.530. The van der Waals surface area contributed by atoms with Crippen molar-refractivity contribution in [3.05, 3.63) is 0 Å². The Balaban J connectivity index is 2.22. The van der Waals surface area contributed by atoms with Gasteiger partial charge in [-0.15, -0.1) is 0 Å². The van der Waals surface area contributed by atoms with Crippen LogP contribution in [-0.4, -0.2) is 18.5 Å². The number of rotatable bonds is 3. The molecule has 0 amide bonds. The standard InChI is InChI=1S/C8H15NO/c1-3-4-5-8-9-7(2)6-10-8/h7H,3-6H2,1-2H3. The van der Waals surface area contributed by atoms with Crippen LogP contribution in [0.1, 0.15) is 33.1 Å². The zero-order valence-corrected chi connectivity index (χ0v) is 6.76. The number of nitrogens with zero attached hydrogens (tertiary/aromatic N) is 1. The van der Waals surface area contributed by atoms with Crippen molar-refractivity contribution in [3.63, 3.8) is 0 Å². The molecule has 0 aromatic rings. The predicted octanol–water partition coefficient (Wildman–Crippen LogP) is 1.99. The Morgan fingerprint density at radius 2 is 2.50 bits per heavy atom. The van der Waals surface area contributed by atoms with Crippen LogP contribution < -0.4 is 0 Å². The van der Waals surface area contributed by atoms with Gasteiger partial charge < -0.3 is 4.74 Å². The van der Waals surface area contributed by atoms with Crippen LogP contribution in [0.4, 0.5) is 0 Å². The van der Waals surface area contributed by atoms with Crippen LogP contribution in [0.3, 0.4) is 0 Å². The second kappa shape index (κ2) is 3.59. The van der Waals surface area contributed by atoms with Crippen molar-refractivity contribution < 1.29 is 4.74 Å². The molecule has 0 spiro atoms. The van der Waals surface area contributed by atoms with Crippen LogP contribution in [0, 0.1) is 0 Å². The van der Waals surface area contributed by atoms with Gasteiger partial charge in [-0.25, -0.2) is 4.99 Å². The predicted molar refractivity (Wildman–Crippen MR) is 42.4 cm³/mol. The second-order valence-corrected chi connectivity index (χ2v) is 2.79. The third-order valence-electron chi connectivity index (χ3n) is 1.60. The van der Waals surface area contributed by atoms with Gasteiger partial charge in [-0.05, 0) is 13.3 Å². The van der Waals surface area contributed by atoms with Gasteiger partial charge in [0.2, 0.25) is 0 Å². The van der Waals surface area contributed by atoms with Crippen LogP contribution in [0.5, 0.6) is 0 Å². The van der Waals surface area contributed by atoms with Crippen molar-refractivity contribution in [2.75, 3.05) is 6.61 Å². The maximum Gasteiger partial charge on any atom is 0.183 e. The lowest BCUT2D eigenvalue weighted by atomic mass is 10.2. The van der Waals surface area contributed by atoms with Gasteiger partial charge in [-0.1, -0.05) is 13.3 Å². The van der Waals surface area contributed by atoms with Gasteiger partial charge in [0.05, 0.1) is 6.04 Å². The van der Waals surface area contributed by atoms with Gasteiger partial charge in [0, 0.05) is 6.42 Å². The summed E-state index contributed by atoms with van der Waals surface area (Å²) < 4.78 is 5.32. The fraction of sp³-hybridized carbons (Fsp3) is 0.875. The SMILES string of the molecule is CCCCC1=NC(C)CO1. The Labute approximate surface area is 62.3 Å². The number of hydrogen-bond acceptors (Lipinski definition) is 2. The molecular weight excluding hydrogens is 126 g/mol. The van der Waals surface area contributed by atoms with E-state index in [2.05, 4.69) is 18.8 Å². The molecule has 2 nitrogen and oxygen atoms in total. The molecule has 58 valence electrons. The number of unbranched alkanes of at least 4 members (excludes halogenated alkanes) is 1. The number of ether oxygens (including phenoxy) is 1. The van der Waals surface area contributed by atoms with Crippen molar-refractivity contribution in [2.45, 2.75) is 39.2 Å². The van der Waals surface area contributed by atoms with Crippen molar-refractivity contribution in [2.24, 2.45) is 4.99 Å². The average molecular weight is 141 g/mol. The highest BCUT2D eigenvalue weighted by atomic mass is 16.5. The lowest BCUT2D eigenvalue weighted by Gasteiger charge is -1.97. The van der Waals surface area contributed by atoms with E-state index in [4.69, 9.17) is 4.74 Å². The minimum absolute atomic E-state index is 0.395. The summed E-state index contributed by atoms with van der Waals surface area (Å²) in [6.45, 7) is 5.05. The lowest BCUT2D eigenvalue weighted by Crippen LogP contribution is -1.99. The summed E-state index contributed by atoms with van der Waals surface area (Å²) in [6, 6.07) is 0.395. The lowest BCUT2D eigenvalue weighted by molar-refractivity contribution is 0.314. The van der Waals surface area contributed by atoms with Gasteiger partial charge in [-0.2, -0.15) is 0 Å². The highest BCUT2D eigenvalue weighted by molar-refractivity contribution is 5.77. The molecule has 0 bridgehead atoms. The molecule has 0 aromatic heterocycles. The molecule has 1 aliphatic heterocycles. The van der Waals surface area contributed by atoms with Gasteiger partial charge in [-0.3, -0.25) is 0 Å². The number of aliphatic imine (C=N–C) groups is 1. The minimum Gasteiger partial charge on any atom is -0.479 e. The van der Waals surface area contributed by atoms with E-state index in [1.807, 2.05) is 0 Å². The summed E-state index contributed by atoms with van der Waals surface area (Å²) in [4.78, 5) is 4.32. The van der Waals surface area contributed by atoms with Crippen molar-refractivity contribution >= 4 is 5.90 Å². The molecule has 1 unspecified atom stereocenters. The topological polar surface area (TPSA) is 21.6 Å². The second-order valence-electron chi connectivity index (χ2n) is 2.79. The summed E-state index contributed by atoms with van der Waals surface area (Å²) in [5.41, 5.74) is 0. The third kappa shape index (κ3) is 2.01. The van der Waals surface area contributed by atoms with Crippen LogP contribution in [0.2, 0.25) is 0 Å². The fourth-order valence-electron chi connectivity index (χ4n) is 1.00. The van der Waals surface area contributed by atoms with Crippen LogP contribution in [0.15, 0.2) is 4.99 Å². The first-order valence-electron chi connectivity index (χ1n) is 4.02. The molecule has 0 aromatic carbocycles. The molecule has 0 saturated carbocycles. The van der Waals surface area contributed by atoms with Crippen LogP contribution in [-0.2, 0) is 4.74 Å². The van der Waals surface area contributed by atoms with Gasteiger partial charge in [0.15, 0.2) is 5.90 Å². The summed E-state index contributed by atoms with van der Waals surface area (Å²) in [5, 5.41) is 0. The molecule has 2 heteroatoms. The normalized spacial score (nSPS) is 24.2. The first kappa shape index (κ1) is 7.58. The highest BCUT2D eigenvalue weighted by Crippen LogP contribution is 2.08. The van der Waals surface area contributed by atoms with E-state index in [1.54, 1.807) is 0 Å². The summed E-state index contributed by atoms with van der Waals surface area (Å²) in [5.74, 6) is 0.967. The molecule has 10 heavy (non-hydrogen) atoms.